The van der Waals surface area contributed by atoms with Crippen LogP contribution in [0, 0.1) is 5.41 Å². The van der Waals surface area contributed by atoms with Crippen molar-refractivity contribution < 1.29 is 9.90 Å². The second kappa shape index (κ2) is 6.14. The second-order valence-corrected chi connectivity index (χ2v) is 8.31. The van der Waals surface area contributed by atoms with E-state index in [1.54, 1.807) is 25.2 Å². The van der Waals surface area contributed by atoms with Crippen LogP contribution in [0.4, 0.5) is 0 Å². The minimum absolute atomic E-state index is 0.0886. The molecule has 0 saturated heterocycles. The van der Waals surface area contributed by atoms with Gasteiger partial charge in [-0.2, -0.15) is 0 Å². The number of hydrogen-bond acceptors (Lipinski definition) is 5. The molecule has 0 amide bonds. The molecule has 126 valence electrons. The quantitative estimate of drug-likeness (QED) is 0.748. The summed E-state index contributed by atoms with van der Waals surface area (Å²) >= 11 is 3.13. The van der Waals surface area contributed by atoms with Crippen LogP contribution >= 0.6 is 22.7 Å². The Morgan fingerprint density at radius 2 is 2.17 bits per heavy atom. The molecule has 0 aliphatic carbocycles. The summed E-state index contributed by atoms with van der Waals surface area (Å²) in [6.45, 7) is 5.37. The van der Waals surface area contributed by atoms with E-state index in [1.165, 1.54) is 22.2 Å². The molecule has 0 atom stereocenters. The van der Waals surface area contributed by atoms with Crippen molar-refractivity contribution in [3.05, 3.63) is 39.1 Å². The average Bonchev–Trinajstić information content (AvgIpc) is 3.16. The van der Waals surface area contributed by atoms with Crippen LogP contribution in [0.3, 0.4) is 0 Å². The molecule has 0 aliphatic heterocycles. The summed E-state index contributed by atoms with van der Waals surface area (Å²) in [5.41, 5.74) is -0.257. The third kappa shape index (κ3) is 2.78. The molecule has 3 heterocycles. The maximum atomic E-state index is 13.0. The highest BCUT2D eigenvalue weighted by molar-refractivity contribution is 7.20. The maximum Gasteiger partial charge on any atom is 0.310 e. The molecule has 0 aromatic carbocycles. The highest BCUT2D eigenvalue weighted by Gasteiger charge is 2.29. The van der Waals surface area contributed by atoms with Crippen LogP contribution in [0.15, 0.2) is 28.6 Å². The number of rotatable bonds is 5. The standard InChI is InChI=1S/C17H18N2O3S2/c1-4-10-12(11-6-5-7-23-11)13-14(24-10)18-9-19(15(13)20)8-17(2,3)16(21)22/h5-7,9H,4,8H2,1-3H3,(H,21,22). The number of thiophene rings is 2. The lowest BCUT2D eigenvalue weighted by Crippen LogP contribution is -2.34. The predicted molar refractivity (Wildman–Crippen MR) is 98.0 cm³/mol. The molecular weight excluding hydrogens is 344 g/mol. The van der Waals surface area contributed by atoms with Gasteiger partial charge < -0.3 is 5.11 Å². The van der Waals surface area contributed by atoms with Crippen molar-refractivity contribution in [2.75, 3.05) is 0 Å². The summed E-state index contributed by atoms with van der Waals surface area (Å²) in [6.07, 6.45) is 2.29. The molecule has 24 heavy (non-hydrogen) atoms. The Morgan fingerprint density at radius 3 is 2.75 bits per heavy atom. The Labute approximate surface area is 147 Å². The van der Waals surface area contributed by atoms with Gasteiger partial charge in [-0.3, -0.25) is 14.2 Å². The number of carboxylic acids is 1. The fraction of sp³-hybridized carbons (Fsp3) is 0.353. The van der Waals surface area contributed by atoms with Gasteiger partial charge in [-0.25, -0.2) is 4.98 Å². The molecule has 1 N–H and O–H groups in total. The summed E-state index contributed by atoms with van der Waals surface area (Å²) in [5.74, 6) is -0.937. The number of aryl methyl sites for hydroxylation is 1. The lowest BCUT2D eigenvalue weighted by atomic mass is 9.94. The first kappa shape index (κ1) is 16.9. The van der Waals surface area contributed by atoms with Crippen LogP contribution in [0.5, 0.6) is 0 Å². The van der Waals surface area contributed by atoms with E-state index in [1.807, 2.05) is 17.5 Å². The fourth-order valence-corrected chi connectivity index (χ4v) is 4.56. The molecule has 3 aromatic heterocycles. The molecule has 3 aromatic rings. The van der Waals surface area contributed by atoms with Crippen molar-refractivity contribution in [1.82, 2.24) is 9.55 Å². The SMILES string of the molecule is CCc1sc2ncn(CC(C)(C)C(=O)O)c(=O)c2c1-c1cccs1. The van der Waals surface area contributed by atoms with Gasteiger partial charge in [0, 0.05) is 21.9 Å². The van der Waals surface area contributed by atoms with Crippen molar-refractivity contribution >= 4 is 38.9 Å². The summed E-state index contributed by atoms with van der Waals surface area (Å²) < 4.78 is 1.42. The first-order chi connectivity index (χ1) is 11.3. The van der Waals surface area contributed by atoms with Crippen LogP contribution in [-0.4, -0.2) is 20.6 Å². The molecule has 5 nitrogen and oxygen atoms in total. The van der Waals surface area contributed by atoms with Crippen molar-refractivity contribution in [3.8, 4) is 10.4 Å². The van der Waals surface area contributed by atoms with Gasteiger partial charge in [0.05, 0.1) is 17.1 Å². The summed E-state index contributed by atoms with van der Waals surface area (Å²) in [5, 5.41) is 11.9. The van der Waals surface area contributed by atoms with Crippen molar-refractivity contribution in [2.24, 2.45) is 5.41 Å². The zero-order valence-electron chi connectivity index (χ0n) is 13.7. The zero-order valence-corrected chi connectivity index (χ0v) is 15.3. The van der Waals surface area contributed by atoms with Gasteiger partial charge in [0.2, 0.25) is 0 Å². The van der Waals surface area contributed by atoms with E-state index in [9.17, 15) is 14.7 Å². The average molecular weight is 362 g/mol. The van der Waals surface area contributed by atoms with Crippen LogP contribution < -0.4 is 5.56 Å². The molecule has 0 saturated carbocycles. The van der Waals surface area contributed by atoms with E-state index in [2.05, 4.69) is 11.9 Å². The lowest BCUT2D eigenvalue weighted by Gasteiger charge is -2.19. The van der Waals surface area contributed by atoms with E-state index >= 15 is 0 Å². The molecule has 0 radical (unpaired) electrons. The zero-order chi connectivity index (χ0) is 17.5. The number of fused-ring (bicyclic) bond motifs is 1. The van der Waals surface area contributed by atoms with Crippen molar-refractivity contribution in [3.63, 3.8) is 0 Å². The molecular formula is C17H18N2O3S2. The number of carboxylic acid groups (broad SMARTS) is 1. The van der Waals surface area contributed by atoms with Crippen LogP contribution in [0.2, 0.25) is 0 Å². The molecule has 3 rings (SSSR count). The Hall–Kier alpha value is -1.99. The van der Waals surface area contributed by atoms with E-state index in [0.717, 1.165) is 21.7 Å². The highest BCUT2D eigenvalue weighted by Crippen LogP contribution is 2.38. The van der Waals surface area contributed by atoms with Crippen LogP contribution in [-0.2, 0) is 17.8 Å². The Morgan fingerprint density at radius 1 is 1.42 bits per heavy atom. The minimum atomic E-state index is -1.04. The van der Waals surface area contributed by atoms with E-state index in [4.69, 9.17) is 0 Å². The smallest absolute Gasteiger partial charge is 0.310 e. The topological polar surface area (TPSA) is 72.2 Å². The Kier molecular flexibility index (Phi) is 4.31. The van der Waals surface area contributed by atoms with E-state index < -0.39 is 11.4 Å². The molecule has 0 spiro atoms. The third-order valence-corrected chi connectivity index (χ3v) is 6.11. The summed E-state index contributed by atoms with van der Waals surface area (Å²) in [4.78, 5) is 31.7. The van der Waals surface area contributed by atoms with Gasteiger partial charge in [0.25, 0.3) is 5.56 Å². The monoisotopic (exact) mass is 362 g/mol. The fourth-order valence-electron chi connectivity index (χ4n) is 2.61. The molecule has 0 unspecified atom stereocenters. The first-order valence-electron chi connectivity index (χ1n) is 7.63. The molecule has 7 heteroatoms. The van der Waals surface area contributed by atoms with Gasteiger partial charge in [0.15, 0.2) is 0 Å². The highest BCUT2D eigenvalue weighted by atomic mass is 32.1. The normalized spacial score (nSPS) is 12.0. The number of nitrogens with zero attached hydrogens (tertiary/aromatic N) is 2. The number of aromatic nitrogens is 2. The van der Waals surface area contributed by atoms with Crippen LogP contribution in [0.1, 0.15) is 25.6 Å². The van der Waals surface area contributed by atoms with E-state index in [-0.39, 0.29) is 12.1 Å². The Balaban J connectivity index is 2.23. The van der Waals surface area contributed by atoms with Crippen molar-refractivity contribution in [2.45, 2.75) is 33.7 Å². The number of hydrogen-bond donors (Lipinski definition) is 1. The molecule has 0 aliphatic rings. The lowest BCUT2D eigenvalue weighted by molar-refractivity contribution is -0.147. The first-order valence-corrected chi connectivity index (χ1v) is 9.33. The second-order valence-electron chi connectivity index (χ2n) is 6.28. The maximum absolute atomic E-state index is 13.0. The Bertz CT molecular complexity index is 952. The predicted octanol–water partition coefficient (Wildman–Crippen LogP) is 3.86. The number of carbonyl (C=O) groups is 1. The van der Waals surface area contributed by atoms with Crippen molar-refractivity contribution in [1.29, 1.82) is 0 Å². The van der Waals surface area contributed by atoms with Gasteiger partial charge >= 0.3 is 5.97 Å². The van der Waals surface area contributed by atoms with Crippen LogP contribution in [0.25, 0.3) is 20.7 Å². The van der Waals surface area contributed by atoms with Gasteiger partial charge in [-0.05, 0) is 31.7 Å². The van der Waals surface area contributed by atoms with Gasteiger partial charge in [-0.15, -0.1) is 22.7 Å². The van der Waals surface area contributed by atoms with Gasteiger partial charge in [-0.1, -0.05) is 13.0 Å². The molecule has 0 fully saturated rings. The number of aliphatic carboxylic acids is 1. The molecule has 0 bridgehead atoms. The van der Waals surface area contributed by atoms with E-state index in [0.29, 0.717) is 10.2 Å². The van der Waals surface area contributed by atoms with Gasteiger partial charge in [0.1, 0.15) is 4.83 Å². The summed E-state index contributed by atoms with van der Waals surface area (Å²) in [6, 6.07) is 3.97. The largest absolute Gasteiger partial charge is 0.481 e. The minimum Gasteiger partial charge on any atom is -0.481 e. The third-order valence-electron chi connectivity index (χ3n) is 3.98. The summed E-state index contributed by atoms with van der Waals surface area (Å²) in [7, 11) is 0.